The molecular formula is C19H16FN5O4. The second-order valence-electron chi connectivity index (χ2n) is 6.83. The van der Waals surface area contributed by atoms with Gasteiger partial charge in [0.05, 0.1) is 18.4 Å². The Kier molecular flexibility index (Phi) is 3.86. The zero-order valence-corrected chi connectivity index (χ0v) is 15.3. The van der Waals surface area contributed by atoms with E-state index in [0.717, 1.165) is 17.3 Å². The van der Waals surface area contributed by atoms with Gasteiger partial charge in [-0.05, 0) is 18.1 Å². The molecule has 10 heteroatoms. The van der Waals surface area contributed by atoms with Gasteiger partial charge >= 0.3 is 6.09 Å². The molecule has 1 amide bonds. The highest BCUT2D eigenvalue weighted by molar-refractivity contribution is 5.82. The molecule has 3 heterocycles. The Bertz CT molecular complexity index is 1170. The number of anilines is 1. The van der Waals surface area contributed by atoms with Gasteiger partial charge in [-0.1, -0.05) is 17.3 Å². The number of phenolic OH excluding ortho intramolecular Hbond substituents is 1. The van der Waals surface area contributed by atoms with Crippen LogP contribution in [0.4, 0.5) is 15.1 Å². The molecule has 5 rings (SSSR count). The van der Waals surface area contributed by atoms with Crippen LogP contribution in [0.2, 0.25) is 0 Å². The van der Waals surface area contributed by atoms with Crippen LogP contribution in [0.5, 0.6) is 5.75 Å². The lowest BCUT2D eigenvalue weighted by molar-refractivity contribution is 0.186. The lowest BCUT2D eigenvalue weighted by atomic mass is 9.84. The van der Waals surface area contributed by atoms with Gasteiger partial charge in [-0.15, -0.1) is 5.10 Å². The van der Waals surface area contributed by atoms with E-state index in [1.165, 1.54) is 13.2 Å². The number of aromatic nitrogens is 4. The number of aromatic hydroxyl groups is 1. The topological polar surface area (TPSA) is 115 Å². The number of phenols is 1. The quantitative estimate of drug-likeness (QED) is 0.683. The molecule has 2 aromatic heterocycles. The highest BCUT2D eigenvalue weighted by Gasteiger charge is 2.35. The largest absolute Gasteiger partial charge is 0.508 e. The molecule has 0 radical (unpaired) electrons. The van der Waals surface area contributed by atoms with Crippen molar-refractivity contribution in [2.75, 3.05) is 12.4 Å². The highest BCUT2D eigenvalue weighted by atomic mass is 19.1. The van der Waals surface area contributed by atoms with Crippen molar-refractivity contribution < 1.29 is 23.6 Å². The summed E-state index contributed by atoms with van der Waals surface area (Å²) in [5.74, 6) is 0.517. The van der Waals surface area contributed by atoms with Crippen molar-refractivity contribution in [3.05, 3.63) is 58.5 Å². The third-order valence-electron chi connectivity index (χ3n) is 5.16. The van der Waals surface area contributed by atoms with E-state index in [9.17, 15) is 14.3 Å². The van der Waals surface area contributed by atoms with Crippen LogP contribution in [-0.4, -0.2) is 38.2 Å². The summed E-state index contributed by atoms with van der Waals surface area (Å²) in [6, 6.07) is 4.11. The number of nitrogens with one attached hydrogen (secondary N) is 1. The van der Waals surface area contributed by atoms with E-state index in [2.05, 4.69) is 25.3 Å². The monoisotopic (exact) mass is 397 g/mol. The Labute approximate surface area is 163 Å². The van der Waals surface area contributed by atoms with Crippen LogP contribution in [0.1, 0.15) is 40.7 Å². The van der Waals surface area contributed by atoms with Gasteiger partial charge in [0.15, 0.2) is 0 Å². The average Bonchev–Trinajstić information content (AvgIpc) is 3.27. The molecule has 1 atom stereocenters. The van der Waals surface area contributed by atoms with Gasteiger partial charge in [-0.2, -0.15) is 4.98 Å². The summed E-state index contributed by atoms with van der Waals surface area (Å²) in [7, 11) is 1.26. The molecular weight excluding hydrogens is 381 g/mol. The minimum absolute atomic E-state index is 0.129. The molecule has 0 bridgehead atoms. The highest BCUT2D eigenvalue weighted by Crippen LogP contribution is 2.43. The van der Waals surface area contributed by atoms with Gasteiger partial charge in [0.2, 0.25) is 0 Å². The van der Waals surface area contributed by atoms with Crippen LogP contribution in [0.25, 0.3) is 5.70 Å². The van der Waals surface area contributed by atoms with Gasteiger partial charge < -0.3 is 14.4 Å². The Morgan fingerprint density at radius 2 is 2.28 bits per heavy atom. The number of carbonyl (C=O) groups is 1. The fourth-order valence-corrected chi connectivity index (χ4v) is 3.85. The van der Waals surface area contributed by atoms with Gasteiger partial charge in [-0.25, -0.2) is 13.9 Å². The summed E-state index contributed by atoms with van der Waals surface area (Å²) in [5, 5.41) is 20.6. The molecule has 0 spiro atoms. The maximum absolute atomic E-state index is 14.5. The van der Waals surface area contributed by atoms with E-state index in [0.29, 0.717) is 42.1 Å². The Hall–Kier alpha value is -3.69. The molecule has 148 valence electrons. The number of hydrogen-bond acceptors (Lipinski definition) is 7. The lowest BCUT2D eigenvalue weighted by Gasteiger charge is -2.21. The number of ether oxygens (including phenoxy) is 1. The number of aryl methyl sites for hydroxylation is 2. The zero-order valence-electron chi connectivity index (χ0n) is 15.3. The third-order valence-corrected chi connectivity index (χ3v) is 5.16. The van der Waals surface area contributed by atoms with Crippen molar-refractivity contribution >= 4 is 17.7 Å². The molecule has 1 aliphatic carbocycles. The third kappa shape index (κ3) is 2.75. The predicted octanol–water partition coefficient (Wildman–Crippen LogP) is 2.81. The van der Waals surface area contributed by atoms with E-state index >= 15 is 0 Å². The molecule has 3 aromatic rings. The van der Waals surface area contributed by atoms with Crippen molar-refractivity contribution in [1.29, 1.82) is 0 Å². The molecule has 9 nitrogen and oxygen atoms in total. The van der Waals surface area contributed by atoms with Crippen LogP contribution in [-0.2, 0) is 17.6 Å². The molecule has 1 aliphatic heterocycles. The normalized spacial score (nSPS) is 17.0. The summed E-state index contributed by atoms with van der Waals surface area (Å²) in [5.41, 5.74) is 2.56. The van der Waals surface area contributed by atoms with Crippen LogP contribution >= 0.6 is 0 Å². The maximum atomic E-state index is 14.5. The summed E-state index contributed by atoms with van der Waals surface area (Å²) in [6.45, 7) is 0. The Morgan fingerprint density at radius 1 is 1.41 bits per heavy atom. The number of nitrogens with zero attached hydrogens (tertiary/aromatic N) is 4. The molecule has 1 aromatic carbocycles. The van der Waals surface area contributed by atoms with Gasteiger partial charge in [0.25, 0.3) is 5.95 Å². The lowest BCUT2D eigenvalue weighted by Crippen LogP contribution is -2.15. The first-order chi connectivity index (χ1) is 14.0. The predicted molar refractivity (Wildman–Crippen MR) is 97.9 cm³/mol. The van der Waals surface area contributed by atoms with Crippen molar-refractivity contribution in [3.8, 4) is 5.75 Å². The second kappa shape index (κ2) is 6.43. The number of benzene rings is 1. The van der Waals surface area contributed by atoms with Gasteiger partial charge in [-0.3, -0.25) is 5.32 Å². The SMILES string of the molecule is COC(=O)Nc1nc2n(n1)C1=CCC(c3ccc(O)cc3F)c3noc(c31)CC2. The van der Waals surface area contributed by atoms with Crippen molar-refractivity contribution in [2.45, 2.75) is 25.2 Å². The summed E-state index contributed by atoms with van der Waals surface area (Å²) >= 11 is 0. The smallest absolute Gasteiger partial charge is 0.413 e. The van der Waals surface area contributed by atoms with Crippen LogP contribution in [0, 0.1) is 5.82 Å². The van der Waals surface area contributed by atoms with Crippen LogP contribution < -0.4 is 5.32 Å². The molecule has 2 N–H and O–H groups in total. The fraction of sp³-hybridized carbons (Fsp3) is 0.263. The van der Waals surface area contributed by atoms with E-state index in [4.69, 9.17) is 4.52 Å². The van der Waals surface area contributed by atoms with Gasteiger partial charge in [0.1, 0.15) is 28.8 Å². The molecule has 1 unspecified atom stereocenters. The molecule has 0 fully saturated rings. The number of carbonyl (C=O) groups excluding carboxylic acids is 1. The number of allylic oxidation sites excluding steroid dienone is 1. The first kappa shape index (κ1) is 17.4. The Balaban J connectivity index is 1.58. The minimum atomic E-state index is -0.655. The first-order valence-electron chi connectivity index (χ1n) is 9.04. The second-order valence-corrected chi connectivity index (χ2v) is 6.83. The molecule has 2 aliphatic rings. The van der Waals surface area contributed by atoms with Crippen LogP contribution in [0.3, 0.4) is 0 Å². The van der Waals surface area contributed by atoms with E-state index in [1.54, 1.807) is 10.7 Å². The minimum Gasteiger partial charge on any atom is -0.508 e. The maximum Gasteiger partial charge on any atom is 0.413 e. The Morgan fingerprint density at radius 3 is 3.07 bits per heavy atom. The average molecular weight is 397 g/mol. The van der Waals surface area contributed by atoms with Crippen molar-refractivity contribution in [1.82, 2.24) is 19.9 Å². The zero-order chi connectivity index (χ0) is 20.1. The molecule has 29 heavy (non-hydrogen) atoms. The van der Waals surface area contributed by atoms with Crippen molar-refractivity contribution in [3.63, 3.8) is 0 Å². The number of methoxy groups -OCH3 is 1. The fourth-order valence-electron chi connectivity index (χ4n) is 3.85. The number of fused-ring (bicyclic) bond motifs is 2. The summed E-state index contributed by atoms with van der Waals surface area (Å²) < 4.78 is 26.3. The number of rotatable bonds is 2. The number of halogens is 1. The molecule has 0 saturated carbocycles. The summed E-state index contributed by atoms with van der Waals surface area (Å²) in [6.07, 6.45) is 2.83. The first-order valence-corrected chi connectivity index (χ1v) is 9.04. The van der Waals surface area contributed by atoms with Gasteiger partial charge in [0, 0.05) is 24.8 Å². The number of amides is 1. The van der Waals surface area contributed by atoms with Crippen LogP contribution in [0.15, 0.2) is 28.8 Å². The van der Waals surface area contributed by atoms with E-state index in [-0.39, 0.29) is 17.6 Å². The summed E-state index contributed by atoms with van der Waals surface area (Å²) in [4.78, 5) is 15.8. The molecule has 0 saturated heterocycles. The van der Waals surface area contributed by atoms with E-state index in [1.807, 2.05) is 6.08 Å². The standard InChI is InChI=1S/C19H16FN5O4/c1-28-19(27)22-18-21-15-7-6-14-16-13(25(15)23-18)5-4-11(17(16)24-29-14)10-3-2-9(26)8-12(10)20/h2-3,5,8,11,26H,4,6-7H2,1H3,(H,22,23,27). The van der Waals surface area contributed by atoms with Crippen molar-refractivity contribution in [2.24, 2.45) is 0 Å². The number of hydrogen-bond donors (Lipinski definition) is 2. The van der Waals surface area contributed by atoms with E-state index < -0.39 is 11.9 Å².